The smallest absolute Gasteiger partial charge is 0.300 e. The van der Waals surface area contributed by atoms with Gasteiger partial charge in [-0.15, -0.1) is 0 Å². The Bertz CT molecular complexity index is 1200. The Morgan fingerprint density at radius 1 is 1.00 bits per heavy atom. The molecule has 156 valence electrons. The largest absolute Gasteiger partial charge is 0.507 e. The Kier molecular flexibility index (Phi) is 5.65. The van der Waals surface area contributed by atoms with E-state index in [2.05, 4.69) is 15.9 Å². The molecule has 1 amide bonds. The Hall–Kier alpha value is -3.38. The standard InChI is InChI=1S/C25H20BrNO4/c1-15-5-3-7-19(13-15)27-22(17-6-4-8-20(14-17)31-2)21(24(29)25(27)30)23(28)16-9-11-18(26)12-10-16/h3-14,22,28H,1-2H3/b23-21+. The van der Waals surface area contributed by atoms with Crippen molar-refractivity contribution in [2.24, 2.45) is 0 Å². The van der Waals surface area contributed by atoms with E-state index in [9.17, 15) is 14.7 Å². The van der Waals surface area contributed by atoms with Crippen LogP contribution < -0.4 is 9.64 Å². The van der Waals surface area contributed by atoms with Crippen molar-refractivity contribution < 1.29 is 19.4 Å². The average molecular weight is 478 g/mol. The highest BCUT2D eigenvalue weighted by Gasteiger charge is 2.47. The van der Waals surface area contributed by atoms with Crippen molar-refractivity contribution in [2.45, 2.75) is 13.0 Å². The van der Waals surface area contributed by atoms with E-state index in [1.807, 2.05) is 31.2 Å². The number of halogens is 1. The number of hydrogen-bond acceptors (Lipinski definition) is 4. The van der Waals surface area contributed by atoms with Gasteiger partial charge in [0.05, 0.1) is 18.7 Å². The molecule has 5 nitrogen and oxygen atoms in total. The zero-order chi connectivity index (χ0) is 22.1. The zero-order valence-electron chi connectivity index (χ0n) is 17.0. The van der Waals surface area contributed by atoms with Gasteiger partial charge in [0, 0.05) is 15.7 Å². The fourth-order valence-corrected chi connectivity index (χ4v) is 4.03. The summed E-state index contributed by atoms with van der Waals surface area (Å²) in [4.78, 5) is 27.7. The molecule has 1 saturated heterocycles. The monoisotopic (exact) mass is 477 g/mol. The Balaban J connectivity index is 1.96. The molecule has 3 aromatic carbocycles. The minimum atomic E-state index is -0.791. The van der Waals surface area contributed by atoms with Crippen molar-refractivity contribution in [1.29, 1.82) is 0 Å². The number of ether oxygens (including phenoxy) is 1. The molecule has 1 heterocycles. The highest BCUT2D eigenvalue weighted by molar-refractivity contribution is 9.10. The number of benzene rings is 3. The summed E-state index contributed by atoms with van der Waals surface area (Å²) in [6, 6.07) is 20.7. The molecular formula is C25H20BrNO4. The first-order chi connectivity index (χ1) is 14.9. The van der Waals surface area contributed by atoms with Gasteiger partial charge in [-0.25, -0.2) is 0 Å². The Morgan fingerprint density at radius 3 is 2.39 bits per heavy atom. The zero-order valence-corrected chi connectivity index (χ0v) is 18.6. The second-order valence-electron chi connectivity index (χ2n) is 7.29. The summed E-state index contributed by atoms with van der Waals surface area (Å²) in [5.74, 6) is -1.03. The number of aliphatic hydroxyl groups excluding tert-OH is 1. The van der Waals surface area contributed by atoms with Gasteiger partial charge in [-0.1, -0.05) is 52.3 Å². The van der Waals surface area contributed by atoms with Crippen molar-refractivity contribution in [1.82, 2.24) is 0 Å². The maximum absolute atomic E-state index is 13.1. The number of anilines is 1. The SMILES string of the molecule is COc1cccc(C2/C(=C(\O)c3ccc(Br)cc3)C(=O)C(=O)N2c2cccc(C)c2)c1. The highest BCUT2D eigenvalue weighted by atomic mass is 79.9. The molecule has 0 bridgehead atoms. The lowest BCUT2D eigenvalue weighted by molar-refractivity contribution is -0.132. The van der Waals surface area contributed by atoms with Crippen molar-refractivity contribution in [3.05, 3.63) is 99.5 Å². The number of nitrogens with zero attached hydrogens (tertiary/aromatic N) is 1. The molecule has 1 aliphatic heterocycles. The number of hydrogen-bond donors (Lipinski definition) is 1. The lowest BCUT2D eigenvalue weighted by atomic mass is 9.95. The molecular weight excluding hydrogens is 458 g/mol. The van der Waals surface area contributed by atoms with Crippen molar-refractivity contribution in [3.8, 4) is 5.75 Å². The summed E-state index contributed by atoms with van der Waals surface area (Å²) < 4.78 is 6.19. The van der Waals surface area contributed by atoms with Gasteiger partial charge in [0.15, 0.2) is 0 Å². The minimum Gasteiger partial charge on any atom is -0.507 e. The number of amides is 1. The van der Waals surface area contributed by atoms with Crippen LogP contribution in [0, 0.1) is 6.92 Å². The number of rotatable bonds is 4. The average Bonchev–Trinajstić information content (AvgIpc) is 3.04. The van der Waals surface area contributed by atoms with Gasteiger partial charge < -0.3 is 9.84 Å². The fraction of sp³-hybridized carbons (Fsp3) is 0.120. The van der Waals surface area contributed by atoms with Crippen LogP contribution in [0.1, 0.15) is 22.7 Å². The van der Waals surface area contributed by atoms with Crippen molar-refractivity contribution >= 4 is 39.1 Å². The van der Waals surface area contributed by atoms with Crippen LogP contribution in [-0.4, -0.2) is 23.9 Å². The molecule has 0 saturated carbocycles. The van der Waals surface area contributed by atoms with Crippen LogP contribution in [0.2, 0.25) is 0 Å². The lowest BCUT2D eigenvalue weighted by Gasteiger charge is -2.26. The van der Waals surface area contributed by atoms with Gasteiger partial charge in [0.1, 0.15) is 11.5 Å². The van der Waals surface area contributed by atoms with Gasteiger partial charge in [-0.2, -0.15) is 0 Å². The first-order valence-corrected chi connectivity index (χ1v) is 10.5. The van der Waals surface area contributed by atoms with Crippen LogP contribution in [0.3, 0.4) is 0 Å². The second-order valence-corrected chi connectivity index (χ2v) is 8.21. The molecule has 0 spiro atoms. The van der Waals surface area contributed by atoms with Crippen molar-refractivity contribution in [3.63, 3.8) is 0 Å². The maximum atomic E-state index is 13.1. The third kappa shape index (κ3) is 3.86. The van der Waals surface area contributed by atoms with E-state index in [1.54, 1.807) is 55.6 Å². The minimum absolute atomic E-state index is 0.0436. The van der Waals surface area contributed by atoms with E-state index in [1.165, 1.54) is 4.90 Å². The molecule has 1 atom stereocenters. The topological polar surface area (TPSA) is 66.8 Å². The number of aryl methyl sites for hydroxylation is 1. The van der Waals surface area contributed by atoms with E-state index < -0.39 is 17.7 Å². The number of Topliss-reactive ketones (excluding diaryl/α,β-unsaturated/α-hetero) is 1. The van der Waals surface area contributed by atoms with Crippen molar-refractivity contribution in [2.75, 3.05) is 12.0 Å². The number of ketones is 1. The summed E-state index contributed by atoms with van der Waals surface area (Å²) >= 11 is 3.37. The van der Waals surface area contributed by atoms with Gasteiger partial charge in [0.25, 0.3) is 11.7 Å². The number of carbonyl (C=O) groups is 2. The van der Waals surface area contributed by atoms with E-state index >= 15 is 0 Å². The highest BCUT2D eigenvalue weighted by Crippen LogP contribution is 2.43. The first kappa shape index (κ1) is 20.9. The van der Waals surface area contributed by atoms with Gasteiger partial charge in [0.2, 0.25) is 0 Å². The third-order valence-corrected chi connectivity index (χ3v) is 5.78. The predicted octanol–water partition coefficient (Wildman–Crippen LogP) is 5.39. The summed E-state index contributed by atoms with van der Waals surface area (Å²) in [5, 5.41) is 11.1. The van der Waals surface area contributed by atoms with E-state index in [-0.39, 0.29) is 11.3 Å². The van der Waals surface area contributed by atoms with Gasteiger partial charge in [-0.05, 0) is 54.4 Å². The number of methoxy groups -OCH3 is 1. The molecule has 6 heteroatoms. The van der Waals surface area contributed by atoms with E-state index in [0.717, 1.165) is 10.0 Å². The molecule has 0 aliphatic carbocycles. The maximum Gasteiger partial charge on any atom is 0.300 e. The van der Waals surface area contributed by atoms with Gasteiger partial charge in [-0.3, -0.25) is 14.5 Å². The summed E-state index contributed by atoms with van der Waals surface area (Å²) in [7, 11) is 1.55. The number of carbonyl (C=O) groups excluding carboxylic acids is 2. The molecule has 1 unspecified atom stereocenters. The summed E-state index contributed by atoms with van der Waals surface area (Å²) in [6.45, 7) is 1.92. The molecule has 1 fully saturated rings. The van der Waals surface area contributed by atoms with Crippen LogP contribution in [-0.2, 0) is 9.59 Å². The third-order valence-electron chi connectivity index (χ3n) is 5.25. The van der Waals surface area contributed by atoms with Crippen LogP contribution in [0.4, 0.5) is 5.69 Å². The lowest BCUT2D eigenvalue weighted by Crippen LogP contribution is -2.29. The molecule has 1 N–H and O–H groups in total. The Labute approximate surface area is 188 Å². The molecule has 1 aliphatic rings. The first-order valence-electron chi connectivity index (χ1n) is 9.68. The Morgan fingerprint density at radius 2 is 1.71 bits per heavy atom. The van der Waals surface area contributed by atoms with Crippen LogP contribution in [0.25, 0.3) is 5.76 Å². The van der Waals surface area contributed by atoms with E-state index in [0.29, 0.717) is 22.6 Å². The second kappa shape index (κ2) is 8.40. The molecule has 0 radical (unpaired) electrons. The van der Waals surface area contributed by atoms with Gasteiger partial charge >= 0.3 is 0 Å². The van der Waals surface area contributed by atoms with Crippen LogP contribution in [0.15, 0.2) is 82.8 Å². The predicted molar refractivity (Wildman–Crippen MR) is 123 cm³/mol. The van der Waals surface area contributed by atoms with Crippen LogP contribution >= 0.6 is 15.9 Å². The summed E-state index contributed by atoms with van der Waals surface area (Å²) in [6.07, 6.45) is 0. The molecule has 4 rings (SSSR count). The molecule has 31 heavy (non-hydrogen) atoms. The molecule has 3 aromatic rings. The quantitative estimate of drug-likeness (QED) is 0.310. The summed E-state index contributed by atoms with van der Waals surface area (Å²) in [5.41, 5.74) is 2.71. The normalized spacial score (nSPS) is 17.8. The van der Waals surface area contributed by atoms with E-state index in [4.69, 9.17) is 4.74 Å². The fourth-order valence-electron chi connectivity index (χ4n) is 3.77. The van der Waals surface area contributed by atoms with Crippen LogP contribution in [0.5, 0.6) is 5.75 Å². The number of aliphatic hydroxyl groups is 1. The molecule has 0 aromatic heterocycles.